The van der Waals surface area contributed by atoms with Crippen molar-refractivity contribution in [3.8, 4) is 11.5 Å². The van der Waals surface area contributed by atoms with Crippen molar-refractivity contribution in [1.82, 2.24) is 24.7 Å². The van der Waals surface area contributed by atoms with E-state index in [0.717, 1.165) is 42.9 Å². The summed E-state index contributed by atoms with van der Waals surface area (Å²) in [4.78, 5) is 11.1. The molecule has 146 valence electrons. The minimum absolute atomic E-state index is 0.639. The van der Waals surface area contributed by atoms with E-state index in [0.29, 0.717) is 5.25 Å². The number of anilines is 1. The highest BCUT2D eigenvalue weighted by Gasteiger charge is 2.25. The lowest BCUT2D eigenvalue weighted by molar-refractivity contribution is 0.678. The fourth-order valence-electron chi connectivity index (χ4n) is 3.62. The zero-order chi connectivity index (χ0) is 19.5. The van der Waals surface area contributed by atoms with Gasteiger partial charge in [0.25, 0.3) is 0 Å². The van der Waals surface area contributed by atoms with E-state index in [4.69, 9.17) is 0 Å². The van der Waals surface area contributed by atoms with Gasteiger partial charge in [-0.25, -0.2) is 4.98 Å². The molecule has 0 radical (unpaired) electrons. The first-order valence-electron chi connectivity index (χ1n) is 9.78. The molecule has 1 atom stereocenters. The molecule has 7 heteroatoms. The van der Waals surface area contributed by atoms with Crippen molar-refractivity contribution in [2.75, 3.05) is 23.7 Å². The normalized spacial score (nSPS) is 17.1. The Morgan fingerprint density at radius 1 is 1.18 bits per heavy atom. The van der Waals surface area contributed by atoms with Gasteiger partial charge in [0.2, 0.25) is 5.95 Å². The highest BCUT2D eigenvalue weighted by Crippen LogP contribution is 2.28. The predicted octanol–water partition coefficient (Wildman–Crippen LogP) is 3.73. The van der Waals surface area contributed by atoms with Gasteiger partial charge in [-0.15, -0.1) is 10.2 Å². The van der Waals surface area contributed by atoms with Crippen LogP contribution < -0.4 is 4.90 Å². The third kappa shape index (κ3) is 3.90. The smallest absolute Gasteiger partial charge is 0.227 e. The summed E-state index contributed by atoms with van der Waals surface area (Å²) in [6.07, 6.45) is 6.31. The molecule has 0 saturated carbocycles. The van der Waals surface area contributed by atoms with E-state index < -0.39 is 0 Å². The highest BCUT2D eigenvalue weighted by atomic mass is 32.2. The maximum atomic E-state index is 4.59. The molecule has 0 bridgehead atoms. The van der Waals surface area contributed by atoms with Crippen LogP contribution in [-0.4, -0.2) is 48.8 Å². The molecule has 2 aromatic heterocycles. The molecule has 6 nitrogen and oxygen atoms in total. The van der Waals surface area contributed by atoms with Gasteiger partial charge in [0.15, 0.2) is 5.82 Å². The Kier molecular flexibility index (Phi) is 5.62. The van der Waals surface area contributed by atoms with Crippen LogP contribution >= 0.6 is 11.8 Å². The van der Waals surface area contributed by atoms with Gasteiger partial charge in [-0.2, -0.15) is 11.8 Å². The van der Waals surface area contributed by atoms with Gasteiger partial charge in [-0.1, -0.05) is 30.7 Å². The summed E-state index contributed by atoms with van der Waals surface area (Å²) in [6.45, 7) is 9.27. The Labute approximate surface area is 170 Å². The van der Waals surface area contributed by atoms with E-state index in [1.807, 2.05) is 0 Å². The van der Waals surface area contributed by atoms with Gasteiger partial charge < -0.3 is 4.90 Å². The van der Waals surface area contributed by atoms with E-state index in [9.17, 15) is 0 Å². The molecule has 4 rings (SSSR count). The molecule has 1 aromatic carbocycles. The van der Waals surface area contributed by atoms with Gasteiger partial charge in [0.05, 0.1) is 12.7 Å². The third-order valence-corrected chi connectivity index (χ3v) is 6.60. The quantitative estimate of drug-likeness (QED) is 0.657. The van der Waals surface area contributed by atoms with Crippen molar-refractivity contribution in [2.24, 2.45) is 0 Å². The molecule has 1 aliphatic heterocycles. The van der Waals surface area contributed by atoms with Gasteiger partial charge in [0, 0.05) is 36.5 Å². The van der Waals surface area contributed by atoms with Crippen LogP contribution in [0.15, 0.2) is 36.8 Å². The Hall–Kier alpha value is -2.41. The summed E-state index contributed by atoms with van der Waals surface area (Å²) in [5.74, 6) is 2.82. The highest BCUT2D eigenvalue weighted by molar-refractivity contribution is 8.00. The molecule has 1 unspecified atom stereocenters. The number of nitrogens with zero attached hydrogens (tertiary/aromatic N) is 6. The average molecular weight is 395 g/mol. The van der Waals surface area contributed by atoms with E-state index in [1.165, 1.54) is 23.1 Å². The summed E-state index contributed by atoms with van der Waals surface area (Å²) in [6, 6.07) is 6.60. The molecular weight excluding hydrogens is 368 g/mol. The summed E-state index contributed by atoms with van der Waals surface area (Å²) < 4.78 is 2.20. The van der Waals surface area contributed by atoms with Crippen molar-refractivity contribution in [3.63, 3.8) is 0 Å². The molecular formula is C21H26N6S. The fraction of sp³-hybridized carbons (Fsp3) is 0.429. The van der Waals surface area contributed by atoms with E-state index in [1.54, 1.807) is 18.6 Å². The number of benzene rings is 1. The monoisotopic (exact) mass is 394 g/mol. The van der Waals surface area contributed by atoms with Crippen LogP contribution in [0.1, 0.15) is 30.0 Å². The van der Waals surface area contributed by atoms with Gasteiger partial charge in [-0.3, -0.25) is 9.55 Å². The van der Waals surface area contributed by atoms with Crippen LogP contribution in [0.5, 0.6) is 0 Å². The summed E-state index contributed by atoms with van der Waals surface area (Å²) in [7, 11) is 0. The second-order valence-electron chi connectivity index (χ2n) is 7.28. The summed E-state index contributed by atoms with van der Waals surface area (Å²) in [5.41, 5.74) is 4.59. The van der Waals surface area contributed by atoms with E-state index in [2.05, 4.69) is 80.4 Å². The third-order valence-electron chi connectivity index (χ3n) is 5.23. The topological polar surface area (TPSA) is 59.7 Å². The molecule has 0 amide bonds. The van der Waals surface area contributed by atoms with Gasteiger partial charge in [-0.05, 0) is 31.4 Å². The minimum atomic E-state index is 0.639. The zero-order valence-corrected chi connectivity index (χ0v) is 17.5. The first-order valence-corrected chi connectivity index (χ1v) is 10.8. The first kappa shape index (κ1) is 18.9. The summed E-state index contributed by atoms with van der Waals surface area (Å²) in [5, 5.41) is 9.75. The van der Waals surface area contributed by atoms with Crippen LogP contribution in [0.2, 0.25) is 0 Å². The fourth-order valence-corrected chi connectivity index (χ4v) is 4.80. The van der Waals surface area contributed by atoms with Crippen LogP contribution in [0, 0.1) is 13.8 Å². The number of hydrogen-bond donors (Lipinski definition) is 0. The average Bonchev–Trinajstić information content (AvgIpc) is 3.14. The second-order valence-corrected chi connectivity index (χ2v) is 8.69. The Balaban J connectivity index is 1.75. The van der Waals surface area contributed by atoms with Gasteiger partial charge in [0.1, 0.15) is 5.69 Å². The first-order chi connectivity index (χ1) is 13.7. The van der Waals surface area contributed by atoms with Crippen molar-refractivity contribution in [3.05, 3.63) is 53.5 Å². The molecule has 1 aliphatic rings. The van der Waals surface area contributed by atoms with Crippen molar-refractivity contribution in [1.29, 1.82) is 0 Å². The number of rotatable bonds is 5. The van der Waals surface area contributed by atoms with Crippen LogP contribution in [0.25, 0.3) is 11.5 Å². The molecule has 0 aliphatic carbocycles. The lowest BCUT2D eigenvalue weighted by Crippen LogP contribution is -2.39. The zero-order valence-electron chi connectivity index (χ0n) is 16.7. The standard InChI is InChI=1S/C21H26N6S/c1-4-18-14-26(9-10-28-18)21-25-24-20(19-12-22-7-8-23-19)27(21)13-17-6-5-15(2)11-16(17)3/h5-8,11-12,18H,4,9-10,13-14H2,1-3H3. The molecule has 0 spiro atoms. The van der Waals surface area contributed by atoms with Crippen molar-refractivity contribution < 1.29 is 0 Å². The second kappa shape index (κ2) is 8.31. The SMILES string of the molecule is CCC1CN(c2nnc(-c3cnccn3)n2Cc2ccc(C)cc2C)CCS1. The van der Waals surface area contributed by atoms with Crippen molar-refractivity contribution >= 4 is 17.7 Å². The molecule has 0 N–H and O–H groups in total. The van der Waals surface area contributed by atoms with E-state index >= 15 is 0 Å². The maximum absolute atomic E-state index is 4.59. The van der Waals surface area contributed by atoms with Crippen LogP contribution in [0.4, 0.5) is 5.95 Å². The van der Waals surface area contributed by atoms with E-state index in [-0.39, 0.29) is 0 Å². The molecule has 3 heterocycles. The molecule has 1 fully saturated rings. The van der Waals surface area contributed by atoms with Crippen LogP contribution in [-0.2, 0) is 6.54 Å². The maximum Gasteiger partial charge on any atom is 0.227 e. The molecule has 3 aromatic rings. The van der Waals surface area contributed by atoms with Crippen LogP contribution in [0.3, 0.4) is 0 Å². The number of aryl methyl sites for hydroxylation is 2. The molecule has 1 saturated heterocycles. The Morgan fingerprint density at radius 3 is 2.82 bits per heavy atom. The largest absolute Gasteiger partial charge is 0.339 e. The number of thioether (sulfide) groups is 1. The lowest BCUT2D eigenvalue weighted by atomic mass is 10.1. The van der Waals surface area contributed by atoms with Gasteiger partial charge >= 0.3 is 0 Å². The lowest BCUT2D eigenvalue weighted by Gasteiger charge is -2.32. The molecule has 28 heavy (non-hydrogen) atoms. The minimum Gasteiger partial charge on any atom is -0.339 e. The summed E-state index contributed by atoms with van der Waals surface area (Å²) >= 11 is 2.06. The number of aromatic nitrogens is 5. The Morgan fingerprint density at radius 2 is 2.07 bits per heavy atom. The van der Waals surface area contributed by atoms with Crippen molar-refractivity contribution in [2.45, 2.75) is 39.0 Å². The predicted molar refractivity (Wildman–Crippen MR) is 115 cm³/mol. The Bertz CT molecular complexity index is 939. The number of hydrogen-bond acceptors (Lipinski definition) is 6.